The van der Waals surface area contributed by atoms with Gasteiger partial charge in [-0.2, -0.15) is 5.10 Å². The molecule has 0 aliphatic heterocycles. The molecule has 10 nitrogen and oxygen atoms in total. The average Bonchev–Trinajstić information content (AvgIpc) is 3.30. The second-order valence-corrected chi connectivity index (χ2v) is 10.9. The Labute approximate surface area is 248 Å². The molecule has 2 amide bonds. The van der Waals surface area contributed by atoms with E-state index in [1.54, 1.807) is 16.8 Å². The highest BCUT2D eigenvalue weighted by Crippen LogP contribution is 2.22. The van der Waals surface area contributed by atoms with Gasteiger partial charge >= 0.3 is 0 Å². The quantitative estimate of drug-likeness (QED) is 0.193. The summed E-state index contributed by atoms with van der Waals surface area (Å²) in [5, 5.41) is 16.2. The molecule has 3 rings (SSSR count). The number of carbonyl (C=O) groups is 2. The predicted molar refractivity (Wildman–Crippen MR) is 165 cm³/mol. The average molecular weight is 594 g/mol. The van der Waals surface area contributed by atoms with Crippen LogP contribution < -0.4 is 16.2 Å². The molecule has 0 aliphatic carbocycles. The molecule has 1 aromatic carbocycles. The van der Waals surface area contributed by atoms with Gasteiger partial charge in [0.05, 0.1) is 28.6 Å². The third-order valence-electron chi connectivity index (χ3n) is 5.88. The predicted octanol–water partition coefficient (Wildman–Crippen LogP) is 4.42. The van der Waals surface area contributed by atoms with Crippen LogP contribution in [0.2, 0.25) is 0 Å². The minimum absolute atomic E-state index is 0.0194. The number of hydrazine groups is 1. The summed E-state index contributed by atoms with van der Waals surface area (Å²) >= 11 is 1.30. The van der Waals surface area contributed by atoms with Gasteiger partial charge in [0.2, 0.25) is 5.91 Å². The first-order chi connectivity index (χ1) is 20.0. The van der Waals surface area contributed by atoms with Crippen molar-refractivity contribution in [3.05, 3.63) is 93.1 Å². The summed E-state index contributed by atoms with van der Waals surface area (Å²) in [5.74, 6) is -0.922. The van der Waals surface area contributed by atoms with Crippen molar-refractivity contribution in [1.29, 1.82) is 0 Å². The van der Waals surface area contributed by atoms with Crippen LogP contribution in [0.5, 0.6) is 0 Å². The largest absolute Gasteiger partial charge is 0.395 e. The molecule has 222 valence electrons. The topological polar surface area (TPSA) is 124 Å². The Morgan fingerprint density at radius 2 is 1.90 bits per heavy atom. The first kappa shape index (κ1) is 32.1. The van der Waals surface area contributed by atoms with Gasteiger partial charge in [0.1, 0.15) is 5.82 Å². The summed E-state index contributed by atoms with van der Waals surface area (Å²) in [4.78, 5) is 32.5. The van der Waals surface area contributed by atoms with E-state index in [1.165, 1.54) is 42.7 Å². The van der Waals surface area contributed by atoms with Crippen LogP contribution in [0.1, 0.15) is 38.3 Å². The highest BCUT2D eigenvalue weighted by Gasteiger charge is 2.13. The van der Waals surface area contributed by atoms with E-state index < -0.39 is 11.7 Å². The molecule has 0 saturated heterocycles. The van der Waals surface area contributed by atoms with Gasteiger partial charge in [-0.1, -0.05) is 18.2 Å². The number of nitrogens with one attached hydrogen (secondary N) is 3. The van der Waals surface area contributed by atoms with E-state index >= 15 is 0 Å². The molecule has 0 fully saturated rings. The van der Waals surface area contributed by atoms with Crippen LogP contribution in [0.3, 0.4) is 0 Å². The molecule has 0 aliphatic rings. The standard InChI is InChI=1S/C30H36FN7O3S/c1-20-8-6-7-9-21(2)42-28(16-20)30(41)33-27-17-23(10-11-25(27)31)26(35-34-22(3)40)12-13-32-29-18-24(38(5)36-29)19-37(4)14-15-39/h6-13,16-18,35,39H,14-15,19H2,1-5H3,(H,33,41)(H,34,40). The molecule has 0 saturated carbocycles. The van der Waals surface area contributed by atoms with Gasteiger partial charge in [0.15, 0.2) is 5.82 Å². The number of hydrogen-bond donors (Lipinski definition) is 4. The Bertz CT molecular complexity index is 1500. The zero-order chi connectivity index (χ0) is 30.6. The summed E-state index contributed by atoms with van der Waals surface area (Å²) in [5.41, 5.74) is 8.01. The lowest BCUT2D eigenvalue weighted by Crippen LogP contribution is -2.34. The van der Waals surface area contributed by atoms with Gasteiger partial charge in [-0.25, -0.2) is 9.38 Å². The number of aryl methyl sites for hydroxylation is 3. The number of aromatic nitrogens is 2. The van der Waals surface area contributed by atoms with Crippen molar-refractivity contribution in [3.8, 4) is 0 Å². The fourth-order valence-electron chi connectivity index (χ4n) is 3.75. The van der Waals surface area contributed by atoms with Crippen molar-refractivity contribution < 1.29 is 19.1 Å². The maximum atomic E-state index is 14.9. The molecule has 2 aromatic heterocycles. The molecule has 2 heterocycles. The molecular weight excluding hydrogens is 557 g/mol. The Morgan fingerprint density at radius 3 is 2.64 bits per heavy atom. The summed E-state index contributed by atoms with van der Waals surface area (Å²) in [7, 11) is 3.71. The van der Waals surface area contributed by atoms with E-state index in [0.717, 1.165) is 16.1 Å². The molecule has 12 heteroatoms. The van der Waals surface area contributed by atoms with Gasteiger partial charge in [-0.15, -0.1) is 11.3 Å². The number of aliphatic imine (C=N–C) groups is 1. The molecule has 0 spiro atoms. The number of amides is 2. The van der Waals surface area contributed by atoms with Crippen LogP contribution in [0.4, 0.5) is 15.9 Å². The molecule has 3 aromatic rings. The van der Waals surface area contributed by atoms with E-state index in [-0.39, 0.29) is 18.2 Å². The monoisotopic (exact) mass is 593 g/mol. The number of hydrogen-bond acceptors (Lipinski definition) is 8. The number of benzene rings is 1. The Morgan fingerprint density at radius 1 is 1.14 bits per heavy atom. The normalized spacial score (nSPS) is 11.5. The van der Waals surface area contributed by atoms with Gasteiger partial charge < -0.3 is 10.4 Å². The van der Waals surface area contributed by atoms with Crippen molar-refractivity contribution in [3.63, 3.8) is 0 Å². The number of likely N-dealkylation sites (N-methyl/N-ethyl adjacent to an activating group) is 1. The van der Waals surface area contributed by atoms with Crippen molar-refractivity contribution >= 4 is 46.6 Å². The lowest BCUT2D eigenvalue weighted by Gasteiger charge is -2.14. The van der Waals surface area contributed by atoms with E-state index in [2.05, 4.69) is 26.3 Å². The molecule has 4 N–H and O–H groups in total. The SMILES string of the molecule is CC(=O)NNC(=CC=Nc1cc(CN(C)CCO)n(C)n1)c1ccc(F)c(NC(=O)c2cc(C)ccccc(C)s2)c1. The molecule has 0 bridgehead atoms. The van der Waals surface area contributed by atoms with E-state index in [0.29, 0.717) is 35.0 Å². The second-order valence-electron chi connectivity index (χ2n) is 9.58. The zero-order valence-corrected chi connectivity index (χ0v) is 25.1. The third-order valence-corrected chi connectivity index (χ3v) is 6.86. The van der Waals surface area contributed by atoms with Gasteiger partial charge in [-0.3, -0.25) is 30.0 Å². The smallest absolute Gasteiger partial charge is 0.265 e. The molecule has 0 atom stereocenters. The number of rotatable bonds is 11. The lowest BCUT2D eigenvalue weighted by molar-refractivity contribution is -0.119. The Hall–Kier alpha value is -4.39. The first-order valence-electron chi connectivity index (χ1n) is 13.2. The number of carbonyl (C=O) groups excluding carboxylic acids is 2. The van der Waals surface area contributed by atoms with E-state index in [1.807, 2.05) is 63.2 Å². The minimum Gasteiger partial charge on any atom is -0.395 e. The van der Waals surface area contributed by atoms with Gasteiger partial charge in [0, 0.05) is 49.8 Å². The second kappa shape index (κ2) is 15.6. The first-order valence-corrected chi connectivity index (χ1v) is 14.0. The summed E-state index contributed by atoms with van der Waals surface area (Å²) in [6.07, 6.45) is 3.11. The zero-order valence-electron chi connectivity index (χ0n) is 24.3. The molecular formula is C30H36FN7O3S. The fourth-order valence-corrected chi connectivity index (χ4v) is 4.64. The third kappa shape index (κ3) is 9.91. The maximum Gasteiger partial charge on any atom is 0.265 e. The number of nitrogens with zero attached hydrogens (tertiary/aromatic N) is 4. The van der Waals surface area contributed by atoms with Gasteiger partial charge in [-0.05, 0) is 62.9 Å². The van der Waals surface area contributed by atoms with Crippen LogP contribution in [0.15, 0.2) is 65.7 Å². The molecule has 0 unspecified atom stereocenters. The lowest BCUT2D eigenvalue weighted by atomic mass is 10.1. The molecule has 42 heavy (non-hydrogen) atoms. The van der Waals surface area contributed by atoms with Crippen LogP contribution in [0.25, 0.3) is 5.70 Å². The Balaban J connectivity index is 1.89. The van der Waals surface area contributed by atoms with Crippen molar-refractivity contribution in [2.75, 3.05) is 25.5 Å². The minimum atomic E-state index is -0.610. The summed E-state index contributed by atoms with van der Waals surface area (Å²) < 4.78 is 16.6. The van der Waals surface area contributed by atoms with Crippen LogP contribution >= 0.6 is 11.3 Å². The summed E-state index contributed by atoms with van der Waals surface area (Å²) in [6.45, 7) is 6.31. The van der Waals surface area contributed by atoms with Crippen molar-refractivity contribution in [2.24, 2.45) is 12.0 Å². The van der Waals surface area contributed by atoms with E-state index in [9.17, 15) is 14.0 Å². The van der Waals surface area contributed by atoms with Crippen LogP contribution in [0, 0.1) is 19.7 Å². The van der Waals surface area contributed by atoms with Gasteiger partial charge in [0.25, 0.3) is 5.91 Å². The highest BCUT2D eigenvalue weighted by atomic mass is 32.1. The Kier molecular flexibility index (Phi) is 11.9. The summed E-state index contributed by atoms with van der Waals surface area (Å²) in [6, 6.07) is 15.4. The number of allylic oxidation sites excluding steroid dienone is 1. The highest BCUT2D eigenvalue weighted by molar-refractivity contribution is 7.13. The van der Waals surface area contributed by atoms with Crippen molar-refractivity contribution in [1.82, 2.24) is 25.5 Å². The number of halogens is 1. The maximum absolute atomic E-state index is 14.9. The van der Waals surface area contributed by atoms with Crippen molar-refractivity contribution in [2.45, 2.75) is 27.3 Å². The van der Waals surface area contributed by atoms with Crippen LogP contribution in [-0.4, -0.2) is 58.0 Å². The molecule has 0 radical (unpaired) electrons. The number of anilines is 1. The fraction of sp³-hybridized carbons (Fsp3) is 0.267. The number of aliphatic hydroxyl groups excluding tert-OH is 1. The number of aliphatic hydroxyl groups is 1. The van der Waals surface area contributed by atoms with Crippen LogP contribution in [-0.2, 0) is 18.4 Å². The van der Waals surface area contributed by atoms with E-state index in [4.69, 9.17) is 5.11 Å².